The van der Waals surface area contributed by atoms with Crippen LogP contribution in [0, 0.1) is 0 Å². The Labute approximate surface area is 95.8 Å². The summed E-state index contributed by atoms with van der Waals surface area (Å²) in [5, 5.41) is 3.38. The van der Waals surface area contributed by atoms with Gasteiger partial charge in [0.25, 0.3) is 0 Å². The molecular formula is C11H18N4O. The zero-order valence-electron chi connectivity index (χ0n) is 9.65. The van der Waals surface area contributed by atoms with Gasteiger partial charge in [-0.15, -0.1) is 0 Å². The Balaban J connectivity index is 2.01. The van der Waals surface area contributed by atoms with E-state index in [0.29, 0.717) is 5.88 Å². The Morgan fingerprint density at radius 1 is 1.31 bits per heavy atom. The molecular weight excluding hydrogens is 204 g/mol. The predicted molar refractivity (Wildman–Crippen MR) is 61.3 cm³/mol. The standard InChI is InChI=1S/C11H18N4O/c1-16-11-10(13-4-5-14-11)9-15-7-2-3-12-6-8-15/h4-5,12H,2-3,6-9H2,1H3. The largest absolute Gasteiger partial charge is 0.480 e. The molecule has 0 aliphatic carbocycles. The lowest BCUT2D eigenvalue weighted by molar-refractivity contribution is 0.272. The van der Waals surface area contributed by atoms with Crippen molar-refractivity contribution < 1.29 is 4.74 Å². The molecule has 1 aliphatic rings. The lowest BCUT2D eigenvalue weighted by atomic mass is 10.3. The van der Waals surface area contributed by atoms with Crippen molar-refractivity contribution in [2.24, 2.45) is 0 Å². The van der Waals surface area contributed by atoms with Gasteiger partial charge in [-0.2, -0.15) is 0 Å². The van der Waals surface area contributed by atoms with Gasteiger partial charge in [-0.3, -0.25) is 9.88 Å². The van der Waals surface area contributed by atoms with Crippen LogP contribution in [0.2, 0.25) is 0 Å². The summed E-state index contributed by atoms with van der Waals surface area (Å²) >= 11 is 0. The fourth-order valence-electron chi connectivity index (χ4n) is 1.90. The van der Waals surface area contributed by atoms with Gasteiger partial charge in [-0.05, 0) is 19.5 Å². The molecule has 0 amide bonds. The van der Waals surface area contributed by atoms with E-state index in [-0.39, 0.29) is 0 Å². The van der Waals surface area contributed by atoms with Crippen LogP contribution in [-0.4, -0.2) is 48.2 Å². The van der Waals surface area contributed by atoms with E-state index in [4.69, 9.17) is 4.74 Å². The Morgan fingerprint density at radius 2 is 2.19 bits per heavy atom. The highest BCUT2D eigenvalue weighted by Crippen LogP contribution is 2.13. The Kier molecular flexibility index (Phi) is 4.07. The molecule has 1 saturated heterocycles. The van der Waals surface area contributed by atoms with E-state index >= 15 is 0 Å². The number of aromatic nitrogens is 2. The second-order valence-electron chi connectivity index (χ2n) is 3.89. The molecule has 0 saturated carbocycles. The van der Waals surface area contributed by atoms with Gasteiger partial charge in [-0.25, -0.2) is 4.98 Å². The van der Waals surface area contributed by atoms with Crippen LogP contribution in [0.4, 0.5) is 0 Å². The number of nitrogens with zero attached hydrogens (tertiary/aromatic N) is 3. The minimum Gasteiger partial charge on any atom is -0.480 e. The van der Waals surface area contributed by atoms with Crippen molar-refractivity contribution in [2.45, 2.75) is 13.0 Å². The third-order valence-electron chi connectivity index (χ3n) is 2.74. The number of nitrogens with one attached hydrogen (secondary N) is 1. The average molecular weight is 222 g/mol. The quantitative estimate of drug-likeness (QED) is 0.796. The Hall–Kier alpha value is -1.20. The van der Waals surface area contributed by atoms with Crippen LogP contribution in [0.15, 0.2) is 12.4 Å². The fraction of sp³-hybridized carbons (Fsp3) is 0.636. The first-order chi connectivity index (χ1) is 7.90. The van der Waals surface area contributed by atoms with Crippen molar-refractivity contribution in [2.75, 3.05) is 33.3 Å². The first kappa shape index (κ1) is 11.3. The van der Waals surface area contributed by atoms with Crippen LogP contribution in [0.25, 0.3) is 0 Å². The average Bonchev–Trinajstić information content (AvgIpc) is 2.58. The third-order valence-corrected chi connectivity index (χ3v) is 2.74. The number of ether oxygens (including phenoxy) is 1. The van der Waals surface area contributed by atoms with Gasteiger partial charge >= 0.3 is 0 Å². The summed E-state index contributed by atoms with van der Waals surface area (Å²) in [6, 6.07) is 0. The fourth-order valence-corrected chi connectivity index (χ4v) is 1.90. The Morgan fingerprint density at radius 3 is 3.06 bits per heavy atom. The molecule has 0 atom stereocenters. The predicted octanol–water partition coefficient (Wildman–Crippen LogP) is 0.280. The van der Waals surface area contributed by atoms with Crippen molar-refractivity contribution in [3.8, 4) is 5.88 Å². The van der Waals surface area contributed by atoms with Gasteiger partial charge < -0.3 is 10.1 Å². The highest BCUT2D eigenvalue weighted by molar-refractivity contribution is 5.16. The van der Waals surface area contributed by atoms with Gasteiger partial charge in [0.1, 0.15) is 5.69 Å². The molecule has 0 bridgehead atoms. The molecule has 5 nitrogen and oxygen atoms in total. The van der Waals surface area contributed by atoms with Gasteiger partial charge in [-0.1, -0.05) is 0 Å². The van der Waals surface area contributed by atoms with E-state index in [2.05, 4.69) is 20.2 Å². The molecule has 2 heterocycles. The van der Waals surface area contributed by atoms with Crippen molar-refractivity contribution in [1.82, 2.24) is 20.2 Å². The summed E-state index contributed by atoms with van der Waals surface area (Å²) in [7, 11) is 1.64. The maximum absolute atomic E-state index is 5.20. The molecule has 0 spiro atoms. The van der Waals surface area contributed by atoms with E-state index in [1.165, 1.54) is 6.42 Å². The second-order valence-corrected chi connectivity index (χ2v) is 3.89. The zero-order valence-corrected chi connectivity index (χ0v) is 9.65. The molecule has 0 unspecified atom stereocenters. The van der Waals surface area contributed by atoms with Crippen LogP contribution in [0.5, 0.6) is 5.88 Å². The first-order valence-electron chi connectivity index (χ1n) is 5.67. The summed E-state index contributed by atoms with van der Waals surface area (Å²) in [6.45, 7) is 5.13. The van der Waals surface area contributed by atoms with E-state index in [1.54, 1.807) is 19.5 Å². The lowest BCUT2D eigenvalue weighted by Crippen LogP contribution is -2.28. The van der Waals surface area contributed by atoms with Crippen molar-refractivity contribution in [3.05, 3.63) is 18.1 Å². The van der Waals surface area contributed by atoms with Crippen molar-refractivity contribution >= 4 is 0 Å². The number of methoxy groups -OCH3 is 1. The lowest BCUT2D eigenvalue weighted by Gasteiger charge is -2.19. The van der Waals surface area contributed by atoms with Crippen LogP contribution >= 0.6 is 0 Å². The molecule has 16 heavy (non-hydrogen) atoms. The molecule has 2 rings (SSSR count). The second kappa shape index (κ2) is 5.77. The Bertz CT molecular complexity index is 324. The van der Waals surface area contributed by atoms with Gasteiger partial charge in [0.2, 0.25) is 5.88 Å². The molecule has 1 aromatic heterocycles. The SMILES string of the molecule is COc1nccnc1CN1CCCNCC1. The van der Waals surface area contributed by atoms with Gasteiger partial charge in [0.15, 0.2) is 0 Å². The van der Waals surface area contributed by atoms with Crippen LogP contribution in [-0.2, 0) is 6.54 Å². The van der Waals surface area contributed by atoms with Crippen LogP contribution < -0.4 is 10.1 Å². The molecule has 1 N–H and O–H groups in total. The number of hydrogen-bond acceptors (Lipinski definition) is 5. The third kappa shape index (κ3) is 2.90. The number of hydrogen-bond donors (Lipinski definition) is 1. The smallest absolute Gasteiger partial charge is 0.236 e. The monoisotopic (exact) mass is 222 g/mol. The van der Waals surface area contributed by atoms with Gasteiger partial charge in [0.05, 0.1) is 7.11 Å². The molecule has 88 valence electrons. The van der Waals surface area contributed by atoms with E-state index in [9.17, 15) is 0 Å². The van der Waals surface area contributed by atoms with Crippen molar-refractivity contribution in [3.63, 3.8) is 0 Å². The molecule has 1 fully saturated rings. The number of rotatable bonds is 3. The minimum absolute atomic E-state index is 0.639. The summed E-state index contributed by atoms with van der Waals surface area (Å²) in [5.74, 6) is 0.639. The highest BCUT2D eigenvalue weighted by Gasteiger charge is 2.13. The zero-order chi connectivity index (χ0) is 11.2. The molecule has 1 aliphatic heterocycles. The van der Waals surface area contributed by atoms with Crippen LogP contribution in [0.1, 0.15) is 12.1 Å². The van der Waals surface area contributed by atoms with E-state index in [0.717, 1.165) is 38.4 Å². The maximum atomic E-state index is 5.20. The molecule has 0 aromatic carbocycles. The summed E-state index contributed by atoms with van der Waals surface area (Å²) in [6.07, 6.45) is 4.56. The molecule has 1 aromatic rings. The summed E-state index contributed by atoms with van der Waals surface area (Å²) < 4.78 is 5.20. The van der Waals surface area contributed by atoms with Gasteiger partial charge in [0, 0.05) is 32.0 Å². The van der Waals surface area contributed by atoms with Crippen LogP contribution in [0.3, 0.4) is 0 Å². The molecule has 5 heteroatoms. The summed E-state index contributed by atoms with van der Waals surface area (Å²) in [5.41, 5.74) is 0.923. The van der Waals surface area contributed by atoms with Crippen molar-refractivity contribution in [1.29, 1.82) is 0 Å². The molecule has 0 radical (unpaired) electrons. The summed E-state index contributed by atoms with van der Waals surface area (Å²) in [4.78, 5) is 10.9. The van der Waals surface area contributed by atoms with E-state index in [1.807, 2.05) is 0 Å². The normalized spacial score (nSPS) is 18.1. The van der Waals surface area contributed by atoms with E-state index < -0.39 is 0 Å². The highest BCUT2D eigenvalue weighted by atomic mass is 16.5. The maximum Gasteiger partial charge on any atom is 0.236 e. The topological polar surface area (TPSA) is 50.3 Å². The minimum atomic E-state index is 0.639. The first-order valence-corrected chi connectivity index (χ1v) is 5.67.